The first-order valence-electron chi connectivity index (χ1n) is 11.2. The minimum atomic E-state index is -4.88. The summed E-state index contributed by atoms with van der Waals surface area (Å²) in [5.74, 6) is -0.920. The molecule has 1 fully saturated rings. The lowest BCUT2D eigenvalue weighted by Crippen LogP contribution is -2.41. The number of rotatable bonds is 4. The maximum Gasteiger partial charge on any atom is 0.573 e. The highest BCUT2D eigenvalue weighted by Gasteiger charge is 2.47. The summed E-state index contributed by atoms with van der Waals surface area (Å²) in [5.41, 5.74) is 8.02. The number of carbonyl (C=O) groups excluding carboxylic acids is 1. The number of nitrogens with two attached hydrogens (primary N) is 1. The van der Waals surface area contributed by atoms with E-state index in [2.05, 4.69) is 25.1 Å². The van der Waals surface area contributed by atoms with E-state index in [9.17, 15) is 18.0 Å². The average molecular weight is 487 g/mol. The van der Waals surface area contributed by atoms with Crippen LogP contribution in [0.2, 0.25) is 0 Å². The molecule has 184 valence electrons. The number of nitrogens with one attached hydrogen (secondary N) is 1. The van der Waals surface area contributed by atoms with E-state index in [1.54, 1.807) is 17.3 Å². The van der Waals surface area contributed by atoms with Crippen LogP contribution in [-0.4, -0.2) is 50.1 Å². The van der Waals surface area contributed by atoms with Crippen molar-refractivity contribution in [2.75, 3.05) is 18.8 Å². The van der Waals surface area contributed by atoms with E-state index in [-0.39, 0.29) is 23.3 Å². The van der Waals surface area contributed by atoms with Crippen LogP contribution < -0.4 is 15.8 Å². The maximum atomic E-state index is 12.9. The summed E-state index contributed by atoms with van der Waals surface area (Å²) >= 11 is 0. The molecule has 0 aliphatic carbocycles. The normalized spacial score (nSPS) is 20.2. The summed E-state index contributed by atoms with van der Waals surface area (Å²) in [6, 6.07) is 6.46. The molecule has 0 bridgehead atoms. The van der Waals surface area contributed by atoms with E-state index < -0.39 is 12.1 Å². The lowest BCUT2D eigenvalue weighted by atomic mass is 9.82. The standard InChI is InChI=1S/C23H24F3N7O2/c1-14(15-3-2-6-28-11-15)30-21(34)32-7-4-22(13-32)5-8-33-19(22)10-17(31-33)16-9-18(20(27)29-12-16)35-23(24,25)26/h2-3,6,9-12,14H,4-5,7-8,13H2,1H3,(H2,27,29)(H,30,34). The topological polar surface area (TPSA) is 111 Å². The van der Waals surface area contributed by atoms with Gasteiger partial charge >= 0.3 is 12.4 Å². The molecular formula is C23H24F3N7O2. The molecule has 2 atom stereocenters. The predicted molar refractivity (Wildman–Crippen MR) is 120 cm³/mol. The number of aromatic nitrogens is 4. The third kappa shape index (κ3) is 4.47. The third-order valence-electron chi connectivity index (χ3n) is 6.69. The molecule has 12 heteroatoms. The molecule has 2 unspecified atom stereocenters. The molecule has 2 aliphatic heterocycles. The molecule has 0 radical (unpaired) electrons. The van der Waals surface area contributed by atoms with Crippen molar-refractivity contribution in [2.24, 2.45) is 0 Å². The lowest BCUT2D eigenvalue weighted by Gasteiger charge is -2.25. The molecule has 0 saturated carbocycles. The highest BCUT2D eigenvalue weighted by Crippen LogP contribution is 2.44. The van der Waals surface area contributed by atoms with E-state index in [0.717, 1.165) is 24.1 Å². The molecule has 2 aliphatic rings. The third-order valence-corrected chi connectivity index (χ3v) is 6.69. The molecular weight excluding hydrogens is 463 g/mol. The number of likely N-dealkylation sites (tertiary alicyclic amines) is 1. The Morgan fingerprint density at radius 3 is 2.80 bits per heavy atom. The van der Waals surface area contributed by atoms with Gasteiger partial charge in [-0.25, -0.2) is 9.78 Å². The number of halogens is 3. The Bertz CT molecular complexity index is 1250. The van der Waals surface area contributed by atoms with Crippen molar-refractivity contribution >= 4 is 11.8 Å². The molecule has 5 heterocycles. The fourth-order valence-electron chi connectivity index (χ4n) is 4.86. The number of nitrogen functional groups attached to an aromatic ring is 1. The number of amides is 2. The van der Waals surface area contributed by atoms with Crippen molar-refractivity contribution in [3.8, 4) is 17.0 Å². The van der Waals surface area contributed by atoms with Gasteiger partial charge in [-0.05, 0) is 43.5 Å². The van der Waals surface area contributed by atoms with Crippen molar-refractivity contribution in [2.45, 2.75) is 44.1 Å². The first kappa shape index (κ1) is 22.9. The van der Waals surface area contributed by atoms with Crippen molar-refractivity contribution < 1.29 is 22.7 Å². The lowest BCUT2D eigenvalue weighted by molar-refractivity contribution is -0.274. The van der Waals surface area contributed by atoms with Gasteiger partial charge in [-0.15, -0.1) is 13.2 Å². The van der Waals surface area contributed by atoms with Crippen LogP contribution in [0, 0.1) is 0 Å². The largest absolute Gasteiger partial charge is 0.573 e. The second-order valence-electron chi connectivity index (χ2n) is 8.95. The maximum absolute atomic E-state index is 12.9. The molecule has 3 aromatic rings. The number of hydrogen-bond acceptors (Lipinski definition) is 6. The Morgan fingerprint density at radius 1 is 1.26 bits per heavy atom. The monoisotopic (exact) mass is 487 g/mol. The van der Waals surface area contributed by atoms with Gasteiger partial charge in [0.1, 0.15) is 0 Å². The van der Waals surface area contributed by atoms with Gasteiger partial charge in [0.2, 0.25) is 0 Å². The molecule has 3 aromatic heterocycles. The van der Waals surface area contributed by atoms with E-state index in [0.29, 0.717) is 30.9 Å². The predicted octanol–water partition coefficient (Wildman–Crippen LogP) is 3.64. The zero-order valence-electron chi connectivity index (χ0n) is 18.9. The van der Waals surface area contributed by atoms with Gasteiger partial charge in [0, 0.05) is 54.9 Å². The van der Waals surface area contributed by atoms with Crippen molar-refractivity contribution in [1.82, 2.24) is 30.0 Å². The van der Waals surface area contributed by atoms with Crippen LogP contribution in [0.1, 0.15) is 37.1 Å². The first-order valence-corrected chi connectivity index (χ1v) is 11.2. The number of ether oxygens (including phenoxy) is 1. The SMILES string of the molecule is CC(NC(=O)N1CCC2(CCn3nc(-c4cnc(N)c(OC(F)(F)F)c4)cc32)C1)c1cccnc1. The molecule has 35 heavy (non-hydrogen) atoms. The van der Waals surface area contributed by atoms with Crippen LogP contribution >= 0.6 is 0 Å². The van der Waals surface area contributed by atoms with E-state index in [1.807, 2.05) is 29.8 Å². The van der Waals surface area contributed by atoms with Crippen LogP contribution in [0.5, 0.6) is 5.75 Å². The summed E-state index contributed by atoms with van der Waals surface area (Å²) < 4.78 is 43.9. The van der Waals surface area contributed by atoms with Gasteiger partial charge in [0.25, 0.3) is 0 Å². The highest BCUT2D eigenvalue weighted by atomic mass is 19.4. The second kappa shape index (κ2) is 8.43. The number of fused-ring (bicyclic) bond motifs is 2. The van der Waals surface area contributed by atoms with Gasteiger partial charge < -0.3 is 20.7 Å². The second-order valence-corrected chi connectivity index (χ2v) is 8.95. The molecule has 9 nitrogen and oxygen atoms in total. The summed E-state index contributed by atoms with van der Waals surface area (Å²) in [6.07, 6.45) is 1.51. The molecule has 5 rings (SSSR count). The highest BCUT2D eigenvalue weighted by molar-refractivity contribution is 5.75. The molecule has 2 amide bonds. The number of pyridine rings is 2. The fraction of sp³-hybridized carbons (Fsp3) is 0.391. The molecule has 1 saturated heterocycles. The van der Waals surface area contributed by atoms with Crippen LogP contribution in [0.15, 0.2) is 42.9 Å². The Balaban J connectivity index is 1.32. The first-order chi connectivity index (χ1) is 16.6. The Labute approximate surface area is 199 Å². The number of aryl methyl sites for hydroxylation is 1. The Kier molecular flexibility index (Phi) is 5.53. The van der Waals surface area contributed by atoms with Crippen molar-refractivity contribution in [1.29, 1.82) is 0 Å². The van der Waals surface area contributed by atoms with Gasteiger partial charge in [0.15, 0.2) is 11.6 Å². The van der Waals surface area contributed by atoms with E-state index in [4.69, 9.17) is 5.73 Å². The number of urea groups is 1. The van der Waals surface area contributed by atoms with Gasteiger partial charge in [0.05, 0.1) is 11.7 Å². The summed E-state index contributed by atoms with van der Waals surface area (Å²) in [4.78, 5) is 22.7. The van der Waals surface area contributed by atoms with Crippen LogP contribution in [0.4, 0.5) is 23.8 Å². The smallest absolute Gasteiger partial charge is 0.402 e. The van der Waals surface area contributed by atoms with E-state index >= 15 is 0 Å². The number of hydrogen-bond donors (Lipinski definition) is 2. The van der Waals surface area contributed by atoms with Crippen molar-refractivity contribution in [3.05, 3.63) is 54.1 Å². The zero-order valence-corrected chi connectivity index (χ0v) is 18.9. The average Bonchev–Trinajstić information content (AvgIpc) is 3.52. The summed E-state index contributed by atoms with van der Waals surface area (Å²) in [6.45, 7) is 3.70. The minimum absolute atomic E-state index is 0.145. The Hall–Kier alpha value is -3.83. The minimum Gasteiger partial charge on any atom is -0.402 e. The Morgan fingerprint density at radius 2 is 2.06 bits per heavy atom. The van der Waals surface area contributed by atoms with Gasteiger partial charge in [-0.2, -0.15) is 5.10 Å². The van der Waals surface area contributed by atoms with Crippen molar-refractivity contribution in [3.63, 3.8) is 0 Å². The number of anilines is 1. The quantitative estimate of drug-likeness (QED) is 0.581. The molecule has 0 aromatic carbocycles. The number of alkyl halides is 3. The zero-order chi connectivity index (χ0) is 24.8. The fourth-order valence-corrected chi connectivity index (χ4v) is 4.86. The summed E-state index contributed by atoms with van der Waals surface area (Å²) in [7, 11) is 0. The van der Waals surface area contributed by atoms with Crippen LogP contribution in [0.25, 0.3) is 11.3 Å². The number of carbonyl (C=O) groups is 1. The molecule has 3 N–H and O–H groups in total. The van der Waals surface area contributed by atoms with Crippen LogP contribution in [0.3, 0.4) is 0 Å². The summed E-state index contributed by atoms with van der Waals surface area (Å²) in [5, 5.41) is 7.61. The van der Waals surface area contributed by atoms with Gasteiger partial charge in [-0.3, -0.25) is 9.67 Å². The number of nitrogens with zero attached hydrogens (tertiary/aromatic N) is 5. The van der Waals surface area contributed by atoms with Gasteiger partial charge in [-0.1, -0.05) is 6.07 Å². The van der Waals surface area contributed by atoms with E-state index in [1.165, 1.54) is 12.3 Å². The van der Waals surface area contributed by atoms with Crippen LogP contribution in [-0.2, 0) is 12.0 Å². The molecule has 1 spiro atoms.